The van der Waals surface area contributed by atoms with E-state index in [9.17, 15) is 4.79 Å². The van der Waals surface area contributed by atoms with Crippen LogP contribution in [0, 0.1) is 5.92 Å². The average molecular weight is 239 g/mol. The summed E-state index contributed by atoms with van der Waals surface area (Å²) in [6, 6.07) is 0. The van der Waals surface area contributed by atoms with Gasteiger partial charge in [-0.1, -0.05) is 13.3 Å². The number of rotatable bonds is 4. The highest BCUT2D eigenvalue weighted by Gasteiger charge is 2.48. The fourth-order valence-electron chi connectivity index (χ4n) is 2.71. The van der Waals surface area contributed by atoms with E-state index in [0.29, 0.717) is 6.54 Å². The molecule has 4 heteroatoms. The van der Waals surface area contributed by atoms with Crippen molar-refractivity contribution in [3.05, 3.63) is 0 Å². The summed E-state index contributed by atoms with van der Waals surface area (Å²) in [5.74, 6) is 1.03. The van der Waals surface area contributed by atoms with Crippen LogP contribution in [0.25, 0.3) is 0 Å². The first-order valence-corrected chi connectivity index (χ1v) is 6.76. The Bertz CT molecular complexity index is 286. The van der Waals surface area contributed by atoms with Gasteiger partial charge in [0.05, 0.1) is 6.54 Å². The molecule has 2 fully saturated rings. The number of hydrogen-bond acceptors (Lipinski definition) is 3. The van der Waals surface area contributed by atoms with Crippen molar-refractivity contribution in [2.75, 3.05) is 39.8 Å². The molecular weight excluding hydrogens is 214 g/mol. The highest BCUT2D eigenvalue weighted by atomic mass is 16.2. The molecule has 1 aliphatic heterocycles. The van der Waals surface area contributed by atoms with Crippen LogP contribution in [-0.4, -0.2) is 61.0 Å². The van der Waals surface area contributed by atoms with Crippen LogP contribution in [0.15, 0.2) is 0 Å². The molecule has 1 saturated heterocycles. The Balaban J connectivity index is 1.71. The molecule has 2 aliphatic rings. The highest BCUT2D eigenvalue weighted by Crippen LogP contribution is 2.44. The lowest BCUT2D eigenvalue weighted by atomic mass is 10.2. The SMILES string of the molecule is CCC1CC1(C)NCC(=O)N1CCN(C)CC1. The number of carbonyl (C=O) groups is 1. The smallest absolute Gasteiger partial charge is 0.236 e. The van der Waals surface area contributed by atoms with Crippen molar-refractivity contribution in [3.63, 3.8) is 0 Å². The van der Waals surface area contributed by atoms with Gasteiger partial charge in [0.1, 0.15) is 0 Å². The third kappa shape index (κ3) is 2.99. The van der Waals surface area contributed by atoms with Crippen LogP contribution in [0.1, 0.15) is 26.7 Å². The molecule has 2 rings (SSSR count). The molecule has 1 aliphatic carbocycles. The Morgan fingerprint density at radius 1 is 1.35 bits per heavy atom. The van der Waals surface area contributed by atoms with E-state index in [4.69, 9.17) is 0 Å². The molecule has 0 radical (unpaired) electrons. The van der Waals surface area contributed by atoms with Crippen LogP contribution >= 0.6 is 0 Å². The molecule has 0 aromatic rings. The van der Waals surface area contributed by atoms with Crippen LogP contribution < -0.4 is 5.32 Å². The minimum atomic E-state index is 0.233. The molecule has 2 unspecified atom stereocenters. The summed E-state index contributed by atoms with van der Waals surface area (Å²) < 4.78 is 0. The fraction of sp³-hybridized carbons (Fsp3) is 0.923. The molecule has 0 spiro atoms. The van der Waals surface area contributed by atoms with Gasteiger partial charge in [0, 0.05) is 31.7 Å². The number of carbonyl (C=O) groups excluding carboxylic acids is 1. The molecule has 2 atom stereocenters. The van der Waals surface area contributed by atoms with E-state index in [-0.39, 0.29) is 11.4 Å². The zero-order valence-electron chi connectivity index (χ0n) is 11.3. The Hall–Kier alpha value is -0.610. The lowest BCUT2D eigenvalue weighted by molar-refractivity contribution is -0.132. The fourth-order valence-corrected chi connectivity index (χ4v) is 2.71. The first-order valence-electron chi connectivity index (χ1n) is 6.76. The van der Waals surface area contributed by atoms with Crippen molar-refractivity contribution in [1.29, 1.82) is 0 Å². The predicted molar refractivity (Wildman–Crippen MR) is 68.9 cm³/mol. The summed E-state index contributed by atoms with van der Waals surface area (Å²) >= 11 is 0. The molecule has 0 aromatic heterocycles. The molecule has 4 nitrogen and oxygen atoms in total. The van der Waals surface area contributed by atoms with Crippen LogP contribution in [0.3, 0.4) is 0 Å². The number of nitrogens with one attached hydrogen (secondary N) is 1. The maximum Gasteiger partial charge on any atom is 0.236 e. The van der Waals surface area contributed by atoms with Crippen LogP contribution in [0.4, 0.5) is 0 Å². The lowest BCUT2D eigenvalue weighted by Crippen LogP contribution is -2.50. The van der Waals surface area contributed by atoms with E-state index in [0.717, 1.165) is 32.1 Å². The first-order chi connectivity index (χ1) is 8.05. The van der Waals surface area contributed by atoms with Gasteiger partial charge in [-0.2, -0.15) is 0 Å². The second kappa shape index (κ2) is 4.94. The summed E-state index contributed by atoms with van der Waals surface area (Å²) in [5, 5.41) is 3.44. The van der Waals surface area contributed by atoms with Crippen LogP contribution in [0.2, 0.25) is 0 Å². The number of nitrogens with zero attached hydrogens (tertiary/aromatic N) is 2. The van der Waals surface area contributed by atoms with Gasteiger partial charge in [0.2, 0.25) is 5.91 Å². The van der Waals surface area contributed by atoms with Crippen molar-refractivity contribution in [3.8, 4) is 0 Å². The molecule has 1 heterocycles. The monoisotopic (exact) mass is 239 g/mol. The van der Waals surface area contributed by atoms with Gasteiger partial charge in [0.25, 0.3) is 0 Å². The lowest BCUT2D eigenvalue weighted by Gasteiger charge is -2.32. The summed E-state index contributed by atoms with van der Waals surface area (Å²) in [6.07, 6.45) is 2.44. The quantitative estimate of drug-likeness (QED) is 0.778. The van der Waals surface area contributed by atoms with Gasteiger partial charge in [0.15, 0.2) is 0 Å². The average Bonchev–Trinajstić information content (AvgIpc) is 2.99. The maximum absolute atomic E-state index is 12.0. The van der Waals surface area contributed by atoms with E-state index in [2.05, 4.69) is 31.1 Å². The van der Waals surface area contributed by atoms with Crippen LogP contribution in [0.5, 0.6) is 0 Å². The Labute approximate surface area is 104 Å². The van der Waals surface area contributed by atoms with Gasteiger partial charge in [-0.3, -0.25) is 4.79 Å². The van der Waals surface area contributed by atoms with Crippen molar-refractivity contribution in [2.24, 2.45) is 5.92 Å². The van der Waals surface area contributed by atoms with Gasteiger partial charge < -0.3 is 15.1 Å². The van der Waals surface area contributed by atoms with Crippen LogP contribution in [-0.2, 0) is 4.79 Å². The van der Waals surface area contributed by atoms with E-state index in [1.54, 1.807) is 0 Å². The normalized spacial score (nSPS) is 33.8. The molecule has 1 N–H and O–H groups in total. The minimum absolute atomic E-state index is 0.233. The third-order valence-corrected chi connectivity index (χ3v) is 4.40. The second-order valence-electron chi connectivity index (χ2n) is 5.76. The van der Waals surface area contributed by atoms with Gasteiger partial charge in [-0.15, -0.1) is 0 Å². The van der Waals surface area contributed by atoms with Gasteiger partial charge in [-0.05, 0) is 26.3 Å². The van der Waals surface area contributed by atoms with Crippen molar-refractivity contribution < 1.29 is 4.79 Å². The maximum atomic E-state index is 12.0. The molecule has 1 saturated carbocycles. The zero-order valence-corrected chi connectivity index (χ0v) is 11.3. The van der Waals surface area contributed by atoms with E-state index >= 15 is 0 Å². The van der Waals surface area contributed by atoms with Crippen molar-refractivity contribution in [2.45, 2.75) is 32.2 Å². The number of likely N-dealkylation sites (N-methyl/N-ethyl adjacent to an activating group) is 1. The minimum Gasteiger partial charge on any atom is -0.339 e. The standard InChI is InChI=1S/C13H25N3O/c1-4-11-9-13(11,2)14-10-12(17)16-7-5-15(3)6-8-16/h11,14H,4-10H2,1-3H3. The van der Waals surface area contributed by atoms with E-state index in [1.807, 2.05) is 4.90 Å². The predicted octanol–water partition coefficient (Wildman–Crippen LogP) is 0.539. The topological polar surface area (TPSA) is 35.6 Å². The molecule has 0 bridgehead atoms. The largest absolute Gasteiger partial charge is 0.339 e. The molecule has 98 valence electrons. The van der Waals surface area contributed by atoms with E-state index in [1.165, 1.54) is 12.8 Å². The zero-order chi connectivity index (χ0) is 12.5. The summed E-state index contributed by atoms with van der Waals surface area (Å²) in [4.78, 5) is 16.3. The molecule has 0 aromatic carbocycles. The van der Waals surface area contributed by atoms with Crippen molar-refractivity contribution in [1.82, 2.24) is 15.1 Å². The highest BCUT2D eigenvalue weighted by molar-refractivity contribution is 5.78. The number of hydrogen-bond donors (Lipinski definition) is 1. The number of piperazine rings is 1. The molecular formula is C13H25N3O. The summed E-state index contributed by atoms with van der Waals surface area (Å²) in [6.45, 7) is 8.73. The van der Waals surface area contributed by atoms with E-state index < -0.39 is 0 Å². The molecule has 17 heavy (non-hydrogen) atoms. The second-order valence-corrected chi connectivity index (χ2v) is 5.76. The Morgan fingerprint density at radius 2 is 2.00 bits per heavy atom. The Morgan fingerprint density at radius 3 is 2.53 bits per heavy atom. The summed E-state index contributed by atoms with van der Waals surface area (Å²) in [5.41, 5.74) is 0.233. The first kappa shape index (κ1) is 12.8. The Kier molecular flexibility index (Phi) is 3.73. The third-order valence-electron chi connectivity index (χ3n) is 4.40. The number of amides is 1. The molecule has 1 amide bonds. The van der Waals surface area contributed by atoms with Gasteiger partial charge in [-0.25, -0.2) is 0 Å². The summed E-state index contributed by atoms with van der Waals surface area (Å²) in [7, 11) is 2.11. The van der Waals surface area contributed by atoms with Gasteiger partial charge >= 0.3 is 0 Å². The van der Waals surface area contributed by atoms with Crippen molar-refractivity contribution >= 4 is 5.91 Å².